The minimum atomic E-state index is -0.348. The van der Waals surface area contributed by atoms with E-state index in [-0.39, 0.29) is 23.8 Å². The van der Waals surface area contributed by atoms with Crippen LogP contribution in [0.1, 0.15) is 23.7 Å². The number of likely N-dealkylation sites (N-methyl/N-ethyl adjacent to an activating group) is 1. The van der Waals surface area contributed by atoms with Gasteiger partial charge in [0.05, 0.1) is 18.5 Å². The van der Waals surface area contributed by atoms with Gasteiger partial charge in [-0.3, -0.25) is 14.3 Å². The molecule has 0 bridgehead atoms. The molecule has 32 heavy (non-hydrogen) atoms. The first-order valence-corrected chi connectivity index (χ1v) is 10.1. The van der Waals surface area contributed by atoms with E-state index in [1.807, 2.05) is 33.3 Å². The molecule has 12 heteroatoms. The highest BCUT2D eigenvalue weighted by atomic mass is 16.5. The van der Waals surface area contributed by atoms with Crippen molar-refractivity contribution < 1.29 is 19.4 Å². The average molecular weight is 442 g/mol. The standard InChI is InChI=1S/C19H24N8O2.CH2O2/c1-4-29-18-15(9-22-19(24-18)27-6-5-13(11-27)20-2)17(28)23-14-7-12-10-26(3)25-16(12)21-8-14;2-1-3/h7-10,13,20H,4-6,11H2,1-3H3,(H,23,28);1H,(H,2,3). The number of pyridine rings is 1. The van der Waals surface area contributed by atoms with Gasteiger partial charge in [0.25, 0.3) is 12.4 Å². The van der Waals surface area contributed by atoms with Crippen LogP contribution in [0.3, 0.4) is 0 Å². The molecule has 3 N–H and O–H groups in total. The Labute approximate surface area is 184 Å². The van der Waals surface area contributed by atoms with Gasteiger partial charge in [0.15, 0.2) is 5.65 Å². The topological polar surface area (TPSA) is 147 Å². The number of aryl methyl sites for hydroxylation is 1. The maximum Gasteiger partial charge on any atom is 0.290 e. The van der Waals surface area contributed by atoms with E-state index in [1.54, 1.807) is 10.9 Å². The molecule has 4 heterocycles. The molecule has 1 atom stereocenters. The number of carboxylic acid groups (broad SMARTS) is 1. The number of ether oxygens (including phenoxy) is 1. The zero-order chi connectivity index (χ0) is 23.1. The number of nitrogens with zero attached hydrogens (tertiary/aromatic N) is 6. The van der Waals surface area contributed by atoms with Gasteiger partial charge in [-0.2, -0.15) is 10.1 Å². The summed E-state index contributed by atoms with van der Waals surface area (Å²) in [7, 11) is 3.78. The molecule has 1 aliphatic heterocycles. The minimum absolute atomic E-state index is 0.250. The number of amides is 1. The third kappa shape index (κ3) is 5.27. The SMILES string of the molecule is CCOc1nc(N2CCC(NC)C2)ncc1C(=O)Nc1cnc2nn(C)cc2c1.O=CO. The highest BCUT2D eigenvalue weighted by Gasteiger charge is 2.25. The fourth-order valence-electron chi connectivity index (χ4n) is 3.39. The Morgan fingerprint density at radius 3 is 2.84 bits per heavy atom. The summed E-state index contributed by atoms with van der Waals surface area (Å²) in [6.45, 7) is 3.69. The molecule has 3 aromatic heterocycles. The first-order chi connectivity index (χ1) is 15.5. The third-order valence-electron chi connectivity index (χ3n) is 4.88. The van der Waals surface area contributed by atoms with Crippen molar-refractivity contribution in [2.24, 2.45) is 7.05 Å². The Morgan fingerprint density at radius 1 is 1.38 bits per heavy atom. The lowest BCUT2D eigenvalue weighted by molar-refractivity contribution is -0.122. The van der Waals surface area contributed by atoms with Crippen LogP contribution in [0.5, 0.6) is 5.88 Å². The number of hydrogen-bond donors (Lipinski definition) is 3. The van der Waals surface area contributed by atoms with E-state index in [4.69, 9.17) is 14.6 Å². The lowest BCUT2D eigenvalue weighted by Crippen LogP contribution is -2.30. The second kappa shape index (κ2) is 10.5. The summed E-state index contributed by atoms with van der Waals surface area (Å²) in [5, 5.41) is 18.1. The van der Waals surface area contributed by atoms with E-state index in [0.29, 0.717) is 29.9 Å². The fraction of sp³-hybridized carbons (Fsp3) is 0.400. The zero-order valence-corrected chi connectivity index (χ0v) is 18.1. The normalized spacial score (nSPS) is 15.2. The van der Waals surface area contributed by atoms with Gasteiger partial charge >= 0.3 is 0 Å². The van der Waals surface area contributed by atoms with E-state index < -0.39 is 0 Å². The van der Waals surface area contributed by atoms with E-state index in [9.17, 15) is 4.79 Å². The summed E-state index contributed by atoms with van der Waals surface area (Å²) < 4.78 is 7.32. The van der Waals surface area contributed by atoms with Crippen molar-refractivity contribution >= 4 is 35.0 Å². The van der Waals surface area contributed by atoms with E-state index >= 15 is 0 Å². The smallest absolute Gasteiger partial charge is 0.290 e. The molecule has 3 aromatic rings. The van der Waals surface area contributed by atoms with Crippen molar-refractivity contribution in [2.45, 2.75) is 19.4 Å². The first-order valence-electron chi connectivity index (χ1n) is 10.1. The molecule has 4 rings (SSSR count). The second-order valence-electron chi connectivity index (χ2n) is 7.04. The number of carbonyl (C=O) groups excluding carboxylic acids is 1. The molecule has 0 radical (unpaired) electrons. The van der Waals surface area contributed by atoms with E-state index in [1.165, 1.54) is 6.20 Å². The number of rotatable bonds is 6. The molecule has 0 saturated carbocycles. The molecular weight excluding hydrogens is 416 g/mol. The molecule has 12 nitrogen and oxygen atoms in total. The molecule has 0 aromatic carbocycles. The summed E-state index contributed by atoms with van der Waals surface area (Å²) in [6, 6.07) is 2.23. The molecular formula is C20H26N8O4. The molecule has 1 saturated heterocycles. The maximum absolute atomic E-state index is 12.8. The van der Waals surface area contributed by atoms with Gasteiger partial charge in [0.2, 0.25) is 11.8 Å². The summed E-state index contributed by atoms with van der Waals surface area (Å²) >= 11 is 0. The van der Waals surface area contributed by atoms with Gasteiger partial charge in [0, 0.05) is 44.0 Å². The van der Waals surface area contributed by atoms with Gasteiger partial charge in [-0.25, -0.2) is 9.97 Å². The van der Waals surface area contributed by atoms with Crippen molar-refractivity contribution in [3.63, 3.8) is 0 Å². The fourth-order valence-corrected chi connectivity index (χ4v) is 3.39. The Hall–Kier alpha value is -3.80. The monoisotopic (exact) mass is 442 g/mol. The van der Waals surface area contributed by atoms with Crippen LogP contribution >= 0.6 is 0 Å². The maximum atomic E-state index is 12.8. The lowest BCUT2D eigenvalue weighted by atomic mass is 10.2. The highest BCUT2D eigenvalue weighted by Crippen LogP contribution is 2.23. The Balaban J connectivity index is 0.000000913. The van der Waals surface area contributed by atoms with Crippen LogP contribution < -0.4 is 20.3 Å². The number of aromatic nitrogens is 5. The van der Waals surface area contributed by atoms with Crippen LogP contribution in [0.4, 0.5) is 11.6 Å². The first kappa shape index (κ1) is 22.9. The average Bonchev–Trinajstić information content (AvgIpc) is 3.40. The van der Waals surface area contributed by atoms with Crippen molar-refractivity contribution in [3.05, 3.63) is 30.2 Å². The predicted octanol–water partition coefficient (Wildman–Crippen LogP) is 0.908. The third-order valence-corrected chi connectivity index (χ3v) is 4.88. The van der Waals surface area contributed by atoms with E-state index in [2.05, 4.69) is 35.6 Å². The van der Waals surface area contributed by atoms with Gasteiger partial charge in [-0.15, -0.1) is 0 Å². The number of fused-ring (bicyclic) bond motifs is 1. The van der Waals surface area contributed by atoms with E-state index in [0.717, 1.165) is 24.9 Å². The highest BCUT2D eigenvalue weighted by molar-refractivity contribution is 6.06. The molecule has 1 unspecified atom stereocenters. The van der Waals surface area contributed by atoms with Gasteiger partial charge in [-0.1, -0.05) is 0 Å². The Bertz CT molecular complexity index is 1090. The van der Waals surface area contributed by atoms with Crippen molar-refractivity contribution in [2.75, 3.05) is 37.0 Å². The lowest BCUT2D eigenvalue weighted by Gasteiger charge is -2.18. The number of nitrogens with one attached hydrogen (secondary N) is 2. The van der Waals surface area contributed by atoms with Gasteiger partial charge in [-0.05, 0) is 26.5 Å². The number of carbonyl (C=O) groups is 2. The number of anilines is 2. The van der Waals surface area contributed by atoms with Crippen LogP contribution in [-0.2, 0) is 11.8 Å². The van der Waals surface area contributed by atoms with Gasteiger partial charge < -0.3 is 25.4 Å². The second-order valence-corrected chi connectivity index (χ2v) is 7.04. The van der Waals surface area contributed by atoms with Crippen LogP contribution in [0.25, 0.3) is 11.0 Å². The Morgan fingerprint density at radius 2 is 2.16 bits per heavy atom. The van der Waals surface area contributed by atoms with Crippen molar-refractivity contribution in [1.82, 2.24) is 30.0 Å². The van der Waals surface area contributed by atoms with Crippen LogP contribution in [0.2, 0.25) is 0 Å². The molecule has 0 aliphatic carbocycles. The molecule has 1 fully saturated rings. The quantitative estimate of drug-likeness (QED) is 0.470. The van der Waals surface area contributed by atoms with Crippen molar-refractivity contribution in [3.8, 4) is 5.88 Å². The summed E-state index contributed by atoms with van der Waals surface area (Å²) in [4.78, 5) is 36.5. The predicted molar refractivity (Wildman–Crippen MR) is 118 cm³/mol. The largest absolute Gasteiger partial charge is 0.483 e. The molecule has 1 amide bonds. The van der Waals surface area contributed by atoms with Gasteiger partial charge in [0.1, 0.15) is 5.56 Å². The zero-order valence-electron chi connectivity index (χ0n) is 18.1. The molecule has 0 spiro atoms. The summed E-state index contributed by atoms with van der Waals surface area (Å²) in [5.74, 6) is 0.499. The van der Waals surface area contributed by atoms with Crippen LogP contribution in [-0.4, -0.2) is 75.0 Å². The number of hydrogen-bond acceptors (Lipinski definition) is 9. The minimum Gasteiger partial charge on any atom is -0.483 e. The molecule has 170 valence electrons. The van der Waals surface area contributed by atoms with Crippen molar-refractivity contribution in [1.29, 1.82) is 0 Å². The molecule has 1 aliphatic rings. The Kier molecular flexibility index (Phi) is 7.49. The summed E-state index contributed by atoms with van der Waals surface area (Å²) in [6.07, 6.45) is 5.96. The summed E-state index contributed by atoms with van der Waals surface area (Å²) in [5.41, 5.74) is 1.48. The van der Waals surface area contributed by atoms with Crippen LogP contribution in [0.15, 0.2) is 24.7 Å². The van der Waals surface area contributed by atoms with Crippen LogP contribution in [0, 0.1) is 0 Å².